The summed E-state index contributed by atoms with van der Waals surface area (Å²) < 4.78 is 37.7. The van der Waals surface area contributed by atoms with Gasteiger partial charge < -0.3 is 48.5 Å². The second-order valence-corrected chi connectivity index (χ2v) is 19.7. The number of nitro benzene ring substituents is 1. The average molecular weight is 988 g/mol. The Bertz CT molecular complexity index is 2300. The largest absolute Gasteiger partial charge is 0.778 e. The smallest absolute Gasteiger partial charge is 0.345 e. The third-order valence-corrected chi connectivity index (χ3v) is 9.54. The molecule has 0 aliphatic carbocycles. The van der Waals surface area contributed by atoms with E-state index in [1.165, 1.54) is 32.4 Å². The first kappa shape index (κ1) is 56.0. The number of anilines is 1. The van der Waals surface area contributed by atoms with E-state index in [-0.39, 0.29) is 33.5 Å². The molecule has 0 bridgehead atoms. The summed E-state index contributed by atoms with van der Waals surface area (Å²) in [5, 5.41) is 25.4. The van der Waals surface area contributed by atoms with Gasteiger partial charge in [0.05, 0.1) is 55.8 Å². The maximum atomic E-state index is 11.8. The molecule has 4 aromatic carbocycles. The molecule has 5 rings (SSSR count). The molecule has 2 amide bonds. The number of esters is 1. The number of rotatable bonds is 13. The van der Waals surface area contributed by atoms with Crippen molar-refractivity contribution in [1.82, 2.24) is 10.4 Å². The number of methoxy groups -OCH3 is 2. The summed E-state index contributed by atoms with van der Waals surface area (Å²) in [5.74, 6) is -0.110. The minimum Gasteiger partial charge on any atom is -0.778 e. The van der Waals surface area contributed by atoms with Gasteiger partial charge in [-0.2, -0.15) is 0 Å². The predicted molar refractivity (Wildman–Crippen MR) is 247 cm³/mol. The van der Waals surface area contributed by atoms with E-state index >= 15 is 0 Å². The van der Waals surface area contributed by atoms with E-state index in [4.69, 9.17) is 57.0 Å². The minimum absolute atomic E-state index is 0.0773. The monoisotopic (exact) mass is 986 g/mol. The number of benzene rings is 4. The normalized spacial score (nSPS) is 15.2. The van der Waals surface area contributed by atoms with Crippen molar-refractivity contribution >= 4 is 71.0 Å². The highest BCUT2D eigenvalue weighted by Crippen LogP contribution is 2.46. The van der Waals surface area contributed by atoms with E-state index in [0.29, 0.717) is 38.9 Å². The van der Waals surface area contributed by atoms with Gasteiger partial charge in [0, 0.05) is 62.0 Å². The zero-order valence-corrected chi connectivity index (χ0v) is 40.6. The Morgan fingerprint density at radius 1 is 0.923 bits per heavy atom. The fourth-order valence-corrected chi connectivity index (χ4v) is 6.36. The molecule has 0 saturated heterocycles. The summed E-state index contributed by atoms with van der Waals surface area (Å²) >= 11 is 11.8. The van der Waals surface area contributed by atoms with Crippen LogP contribution in [-0.2, 0) is 40.0 Å². The topological polar surface area (TPSA) is 258 Å². The van der Waals surface area contributed by atoms with Gasteiger partial charge >= 0.3 is 18.0 Å². The molecule has 0 aromatic heterocycles. The molecular formula is C42H53Cl2N4O15PS. The van der Waals surface area contributed by atoms with Crippen molar-refractivity contribution in [3.63, 3.8) is 0 Å². The van der Waals surface area contributed by atoms with Crippen LogP contribution in [0, 0.1) is 10.1 Å². The van der Waals surface area contributed by atoms with Crippen LogP contribution in [0.15, 0.2) is 78.9 Å². The van der Waals surface area contributed by atoms with Gasteiger partial charge in [-0.25, -0.2) is 14.7 Å². The Balaban J connectivity index is 0.000000354. The maximum Gasteiger partial charge on any atom is 0.345 e. The highest BCUT2D eigenvalue weighted by molar-refractivity contribution is 7.94. The van der Waals surface area contributed by atoms with Crippen LogP contribution in [-0.4, -0.2) is 104 Å². The van der Waals surface area contributed by atoms with Crippen molar-refractivity contribution in [3.8, 4) is 28.7 Å². The first-order valence-electron chi connectivity index (χ1n) is 18.9. The highest BCUT2D eigenvalue weighted by Gasteiger charge is 2.42. The van der Waals surface area contributed by atoms with E-state index in [0.717, 1.165) is 36.0 Å². The van der Waals surface area contributed by atoms with Crippen LogP contribution < -0.4 is 29.7 Å². The number of hydrogen-bond donors (Lipinski definition) is 4. The summed E-state index contributed by atoms with van der Waals surface area (Å²) in [5.41, 5.74) is 1.10. The molecule has 19 nitrogen and oxygen atoms in total. The van der Waals surface area contributed by atoms with Crippen LogP contribution in [0.2, 0.25) is 10.0 Å². The average Bonchev–Trinajstić information content (AvgIpc) is 3.21. The number of fused-ring (bicyclic) bond motifs is 1. The zero-order chi connectivity index (χ0) is 49.3. The molecule has 1 heterocycles. The molecule has 2 atom stereocenters. The summed E-state index contributed by atoms with van der Waals surface area (Å²) in [6.07, 6.45) is 6.63. The van der Waals surface area contributed by atoms with E-state index in [1.54, 1.807) is 43.5 Å². The molecule has 0 spiro atoms. The predicted octanol–water partition coefficient (Wildman–Crippen LogP) is 8.07. The first-order chi connectivity index (χ1) is 30.2. The van der Waals surface area contributed by atoms with E-state index in [2.05, 4.69) is 42.7 Å². The second kappa shape index (κ2) is 25.5. The Morgan fingerprint density at radius 3 is 2.03 bits per heavy atom. The molecule has 4 N–H and O–H groups in total. The number of carboxylic acid groups (broad SMARTS) is 1. The van der Waals surface area contributed by atoms with Crippen molar-refractivity contribution < 1.29 is 67.3 Å². The Labute approximate surface area is 389 Å². The van der Waals surface area contributed by atoms with Gasteiger partial charge in [-0.1, -0.05) is 43.1 Å². The fourth-order valence-electron chi connectivity index (χ4n) is 5.52. The minimum atomic E-state index is -4.35. The van der Waals surface area contributed by atoms with Gasteiger partial charge in [-0.15, -0.1) is 0 Å². The lowest BCUT2D eigenvalue weighted by Crippen LogP contribution is -2.45. The molecule has 356 valence electrons. The molecule has 4 aromatic rings. The summed E-state index contributed by atoms with van der Waals surface area (Å²) in [6, 6.07) is 20.9. The fraction of sp³-hybridized carbons (Fsp3) is 0.357. The van der Waals surface area contributed by atoms with E-state index in [1.807, 2.05) is 30.4 Å². The van der Waals surface area contributed by atoms with E-state index < -0.39 is 43.1 Å². The SMILES string of the molecule is COC(=O)c1cc(Oc2ccc(Cl)cc2Cl)ccc1[N+](=O)[O-].CON(C)C(=O)Nc1ccc(Oc2ccc3c(c2)OC(C)(OC)CC3(C)C)cc1.C[S+](C)C.O=C(O)CNCP(=O)([O-])O. The lowest BCUT2D eigenvalue weighted by molar-refractivity contribution is -0.385. The van der Waals surface area contributed by atoms with Crippen LogP contribution >= 0.6 is 30.8 Å². The number of carbonyl (C=O) groups excluding carboxylic acids is 2. The number of carboxylic acids is 1. The van der Waals surface area contributed by atoms with Crippen molar-refractivity contribution in [2.24, 2.45) is 0 Å². The molecule has 23 heteroatoms. The number of carbonyl (C=O) groups is 3. The van der Waals surface area contributed by atoms with Crippen LogP contribution in [0.3, 0.4) is 0 Å². The Kier molecular flexibility index (Phi) is 22.0. The third-order valence-electron chi connectivity index (χ3n) is 8.38. The van der Waals surface area contributed by atoms with E-state index in [9.17, 15) is 34.0 Å². The molecular weight excluding hydrogens is 934 g/mol. The Morgan fingerprint density at radius 2 is 1.51 bits per heavy atom. The molecule has 2 unspecified atom stereocenters. The quantitative estimate of drug-likeness (QED) is 0.0325. The van der Waals surface area contributed by atoms with Gasteiger partial charge in [0.1, 0.15) is 41.9 Å². The van der Waals surface area contributed by atoms with Crippen LogP contribution in [0.5, 0.6) is 28.7 Å². The van der Waals surface area contributed by atoms with Crippen LogP contribution in [0.25, 0.3) is 0 Å². The number of aliphatic carboxylic acids is 1. The lowest BCUT2D eigenvalue weighted by Gasteiger charge is -2.43. The second-order valence-electron chi connectivity index (χ2n) is 14.8. The van der Waals surface area contributed by atoms with Crippen molar-refractivity contribution in [2.75, 3.05) is 65.3 Å². The number of nitro groups is 1. The molecule has 1 aliphatic heterocycles. The standard InChI is InChI=1S/C22H28N2O5.C14H9Cl2NO5.C3H8NO5P.C3H9S/c1-21(2)14-22(3,26-5)29-19-13-17(11-12-18(19)21)28-16-9-7-15(8-10-16)23-20(25)24(4)27-6;1-21-14(18)10-7-9(3-4-12(10)17(19)20)22-13-5-2-8(15)6-11(13)16;5-3(6)1-4-2-10(7,8)9;1-4(2)3/h7-13H,14H2,1-6H3,(H,23,25);2-7H,1H3;4H,1-2H2,(H,5,6)(H2,7,8,9);1-3H3/q;;;+1/p-1. The van der Waals surface area contributed by atoms with Crippen LogP contribution in [0.1, 0.15) is 43.1 Å². The molecule has 0 saturated carbocycles. The van der Waals surface area contributed by atoms with Gasteiger partial charge in [-0.05, 0) is 70.9 Å². The van der Waals surface area contributed by atoms with Crippen molar-refractivity contribution in [1.29, 1.82) is 0 Å². The van der Waals surface area contributed by atoms with Gasteiger partial charge in [-0.3, -0.25) is 25.1 Å². The van der Waals surface area contributed by atoms with Gasteiger partial charge in [0.15, 0.2) is 0 Å². The molecule has 0 fully saturated rings. The molecule has 1 aliphatic rings. The number of amides is 2. The number of ether oxygens (including phenoxy) is 5. The number of hydroxylamine groups is 2. The molecule has 0 radical (unpaired) electrons. The summed E-state index contributed by atoms with van der Waals surface area (Å²) in [4.78, 5) is 66.3. The number of nitrogens with one attached hydrogen (secondary N) is 2. The van der Waals surface area contributed by atoms with Crippen molar-refractivity contribution in [2.45, 2.75) is 38.4 Å². The first-order valence-corrected chi connectivity index (χ1v) is 23.9. The number of halogens is 2. The number of nitrogens with zero attached hydrogens (tertiary/aromatic N) is 2. The number of hydrogen-bond acceptors (Lipinski definition) is 14. The third kappa shape index (κ3) is 19.5. The van der Waals surface area contributed by atoms with Crippen molar-refractivity contribution in [3.05, 3.63) is 110 Å². The summed E-state index contributed by atoms with van der Waals surface area (Å²) in [6.45, 7) is 5.83. The lowest BCUT2D eigenvalue weighted by atomic mass is 9.76. The summed E-state index contributed by atoms with van der Waals surface area (Å²) in [7, 11) is 2.04. The van der Waals surface area contributed by atoms with Gasteiger partial charge in [0.2, 0.25) is 5.79 Å². The maximum absolute atomic E-state index is 11.8. The zero-order valence-electron chi connectivity index (χ0n) is 37.3. The Hall–Kier alpha value is -5.15. The highest BCUT2D eigenvalue weighted by atomic mass is 35.5. The van der Waals surface area contributed by atoms with Gasteiger partial charge in [0.25, 0.3) is 5.69 Å². The van der Waals surface area contributed by atoms with Crippen LogP contribution in [0.4, 0.5) is 16.2 Å². The molecule has 65 heavy (non-hydrogen) atoms. The number of urea groups is 1.